The van der Waals surface area contributed by atoms with Crippen molar-refractivity contribution in [1.29, 1.82) is 0 Å². The minimum atomic E-state index is -2.83. The van der Waals surface area contributed by atoms with Crippen LogP contribution in [0.5, 0.6) is 0 Å². The van der Waals surface area contributed by atoms with Gasteiger partial charge in [0.05, 0.1) is 11.9 Å². The lowest BCUT2D eigenvalue weighted by Crippen LogP contribution is -2.26. The molecule has 0 amide bonds. The normalized spacial score (nSPS) is 17.9. The molecule has 0 unspecified atom stereocenters. The molecule has 0 radical (unpaired) electrons. The van der Waals surface area contributed by atoms with Crippen LogP contribution in [0.1, 0.15) is 37.9 Å². The zero-order valence-electron chi connectivity index (χ0n) is 14.6. The molecule has 4 rings (SSSR count). The number of rotatable bonds is 4. The molecule has 0 spiro atoms. The van der Waals surface area contributed by atoms with Crippen molar-refractivity contribution in [3.8, 4) is 11.4 Å². The second kappa shape index (κ2) is 6.58. The fourth-order valence-electron chi connectivity index (χ4n) is 3.49. The quantitative estimate of drug-likeness (QED) is 0.634. The summed E-state index contributed by atoms with van der Waals surface area (Å²) in [5.74, 6) is -2.41. The highest BCUT2D eigenvalue weighted by molar-refractivity contribution is 5.74. The lowest BCUT2D eigenvalue weighted by atomic mass is 9.87. The summed E-state index contributed by atoms with van der Waals surface area (Å²) in [6, 6.07) is 1.80. The average molecular weight is 382 g/mol. The molecule has 1 fully saturated rings. The number of hydrogen-bond donors (Lipinski definition) is 0. The predicted molar refractivity (Wildman–Crippen MR) is 89.4 cm³/mol. The summed E-state index contributed by atoms with van der Waals surface area (Å²) < 4.78 is 54.2. The van der Waals surface area contributed by atoms with Crippen LogP contribution in [0.2, 0.25) is 0 Å². The number of alkyl halides is 4. The zero-order chi connectivity index (χ0) is 19.2. The molecule has 27 heavy (non-hydrogen) atoms. The van der Waals surface area contributed by atoms with Gasteiger partial charge in [-0.25, -0.2) is 13.8 Å². The van der Waals surface area contributed by atoms with Gasteiger partial charge in [-0.3, -0.25) is 4.98 Å². The standard InChI is InChI=1S/C17H18F4N6/c1-10-14(25-27(24-10)16(18)19)13-8-22-12-4-7-26(15(12)23-13)9-11-2-5-17(20,21)6-3-11/h4,7-8,11,16H,2-3,5-6,9H2,1H3. The van der Waals surface area contributed by atoms with Crippen molar-refractivity contribution in [1.82, 2.24) is 29.5 Å². The Kier molecular flexibility index (Phi) is 4.35. The first-order valence-corrected chi connectivity index (χ1v) is 8.74. The van der Waals surface area contributed by atoms with E-state index in [9.17, 15) is 17.6 Å². The molecule has 1 aliphatic carbocycles. The Morgan fingerprint density at radius 3 is 2.63 bits per heavy atom. The van der Waals surface area contributed by atoms with Crippen LogP contribution in [0.25, 0.3) is 22.6 Å². The summed E-state index contributed by atoms with van der Waals surface area (Å²) in [6.45, 7) is -0.684. The minimum absolute atomic E-state index is 0.0935. The summed E-state index contributed by atoms with van der Waals surface area (Å²) in [7, 11) is 0. The van der Waals surface area contributed by atoms with Crippen LogP contribution in [0, 0.1) is 12.8 Å². The molecule has 0 saturated heterocycles. The SMILES string of the molecule is Cc1nn(C(F)F)nc1-c1cnc2ccn(CC3CCC(F)(F)CC3)c2n1. The van der Waals surface area contributed by atoms with E-state index in [1.807, 2.05) is 10.8 Å². The highest BCUT2D eigenvalue weighted by atomic mass is 19.3. The van der Waals surface area contributed by atoms with Crippen LogP contribution in [0.4, 0.5) is 17.6 Å². The lowest BCUT2D eigenvalue weighted by molar-refractivity contribution is -0.0472. The largest absolute Gasteiger partial charge is 0.348 e. The van der Waals surface area contributed by atoms with Gasteiger partial charge < -0.3 is 4.57 Å². The third-order valence-corrected chi connectivity index (χ3v) is 4.97. The fourth-order valence-corrected chi connectivity index (χ4v) is 3.49. The van der Waals surface area contributed by atoms with Crippen molar-refractivity contribution in [2.45, 2.75) is 51.6 Å². The second-order valence-corrected chi connectivity index (χ2v) is 6.96. The van der Waals surface area contributed by atoms with E-state index in [0.717, 1.165) is 0 Å². The maximum absolute atomic E-state index is 13.3. The Hall–Kier alpha value is -2.52. The van der Waals surface area contributed by atoms with Gasteiger partial charge in [0.1, 0.15) is 16.9 Å². The predicted octanol–water partition coefficient (Wildman–Crippen LogP) is 4.22. The minimum Gasteiger partial charge on any atom is -0.331 e. The summed E-state index contributed by atoms with van der Waals surface area (Å²) >= 11 is 0. The molecule has 10 heteroatoms. The van der Waals surface area contributed by atoms with Gasteiger partial charge in [-0.05, 0) is 31.7 Å². The van der Waals surface area contributed by atoms with Crippen molar-refractivity contribution in [3.63, 3.8) is 0 Å². The first-order valence-electron chi connectivity index (χ1n) is 8.74. The number of nitrogens with zero attached hydrogens (tertiary/aromatic N) is 6. The summed E-state index contributed by atoms with van der Waals surface area (Å²) in [6.07, 6.45) is 4.03. The van der Waals surface area contributed by atoms with Crippen molar-refractivity contribution in [3.05, 3.63) is 24.2 Å². The van der Waals surface area contributed by atoms with Crippen molar-refractivity contribution >= 4 is 11.2 Å². The number of fused-ring (bicyclic) bond motifs is 1. The molecular weight excluding hydrogens is 364 g/mol. The smallest absolute Gasteiger partial charge is 0.331 e. The monoisotopic (exact) mass is 382 g/mol. The van der Waals surface area contributed by atoms with Gasteiger partial charge in [0.15, 0.2) is 5.65 Å². The van der Waals surface area contributed by atoms with E-state index in [-0.39, 0.29) is 24.5 Å². The number of halogens is 4. The molecular formula is C17H18F4N6. The second-order valence-electron chi connectivity index (χ2n) is 6.96. The van der Waals surface area contributed by atoms with Crippen molar-refractivity contribution in [2.24, 2.45) is 5.92 Å². The third kappa shape index (κ3) is 3.52. The summed E-state index contributed by atoms with van der Waals surface area (Å²) in [5, 5.41) is 7.49. The van der Waals surface area contributed by atoms with E-state index in [2.05, 4.69) is 20.2 Å². The van der Waals surface area contributed by atoms with Crippen LogP contribution in [-0.2, 0) is 6.54 Å². The van der Waals surface area contributed by atoms with Gasteiger partial charge in [0.2, 0.25) is 5.92 Å². The van der Waals surface area contributed by atoms with Gasteiger partial charge in [-0.1, -0.05) is 0 Å². The molecule has 6 nitrogen and oxygen atoms in total. The first kappa shape index (κ1) is 17.9. The third-order valence-electron chi connectivity index (χ3n) is 4.97. The van der Waals surface area contributed by atoms with Crippen molar-refractivity contribution < 1.29 is 17.6 Å². The Balaban J connectivity index is 1.62. The Bertz CT molecular complexity index is 954. The van der Waals surface area contributed by atoms with E-state index in [1.54, 1.807) is 13.0 Å². The molecule has 0 bridgehead atoms. The molecule has 144 valence electrons. The molecule has 0 N–H and O–H groups in total. The number of hydrogen-bond acceptors (Lipinski definition) is 4. The molecule has 3 aromatic rings. The Labute approximate surface area is 152 Å². The average Bonchev–Trinajstić information content (AvgIpc) is 3.20. The molecule has 0 aromatic carbocycles. The maximum Gasteiger partial charge on any atom is 0.348 e. The van der Waals surface area contributed by atoms with Crippen LogP contribution in [0.3, 0.4) is 0 Å². The summed E-state index contributed by atoms with van der Waals surface area (Å²) in [5.41, 5.74) is 2.16. The highest BCUT2D eigenvalue weighted by Gasteiger charge is 2.35. The fraction of sp³-hybridized carbons (Fsp3) is 0.529. The Morgan fingerprint density at radius 1 is 1.22 bits per heavy atom. The number of aromatic nitrogens is 6. The number of aryl methyl sites for hydroxylation is 1. The van der Waals surface area contributed by atoms with Gasteiger partial charge in [0, 0.05) is 25.6 Å². The van der Waals surface area contributed by atoms with E-state index in [0.29, 0.717) is 46.7 Å². The first-order chi connectivity index (χ1) is 12.8. The molecule has 1 saturated carbocycles. The lowest BCUT2D eigenvalue weighted by Gasteiger charge is -2.28. The molecule has 3 aromatic heterocycles. The topological polar surface area (TPSA) is 61.4 Å². The molecule has 0 atom stereocenters. The van der Waals surface area contributed by atoms with E-state index in [4.69, 9.17) is 0 Å². The van der Waals surface area contributed by atoms with Crippen LogP contribution < -0.4 is 0 Å². The van der Waals surface area contributed by atoms with Gasteiger partial charge in [-0.15, -0.1) is 9.90 Å². The highest BCUT2D eigenvalue weighted by Crippen LogP contribution is 2.37. The maximum atomic E-state index is 13.3. The van der Waals surface area contributed by atoms with Gasteiger partial charge in [0.25, 0.3) is 0 Å². The van der Waals surface area contributed by atoms with Crippen LogP contribution in [-0.4, -0.2) is 35.5 Å². The van der Waals surface area contributed by atoms with Crippen molar-refractivity contribution in [2.75, 3.05) is 0 Å². The van der Waals surface area contributed by atoms with E-state index in [1.165, 1.54) is 6.20 Å². The van der Waals surface area contributed by atoms with E-state index >= 15 is 0 Å². The summed E-state index contributed by atoms with van der Waals surface area (Å²) in [4.78, 5) is 9.19. The van der Waals surface area contributed by atoms with Crippen LogP contribution in [0.15, 0.2) is 18.5 Å². The van der Waals surface area contributed by atoms with Crippen LogP contribution >= 0.6 is 0 Å². The Morgan fingerprint density at radius 2 is 1.96 bits per heavy atom. The molecule has 1 aliphatic rings. The van der Waals surface area contributed by atoms with Gasteiger partial charge in [-0.2, -0.15) is 13.9 Å². The molecule has 0 aliphatic heterocycles. The zero-order valence-corrected chi connectivity index (χ0v) is 14.6. The molecule has 3 heterocycles. The van der Waals surface area contributed by atoms with E-state index < -0.39 is 12.5 Å². The van der Waals surface area contributed by atoms with Gasteiger partial charge >= 0.3 is 6.55 Å².